The van der Waals surface area contributed by atoms with Crippen molar-refractivity contribution in [3.05, 3.63) is 35.2 Å². The van der Waals surface area contributed by atoms with Gasteiger partial charge in [-0.15, -0.1) is 0 Å². The van der Waals surface area contributed by atoms with Crippen LogP contribution in [0.15, 0.2) is 18.2 Å². The number of aryl methyl sites for hydroxylation is 2. The minimum Gasteiger partial charge on any atom is -0.348 e. The Balaban J connectivity index is 1.42. The highest BCUT2D eigenvalue weighted by molar-refractivity contribution is 6.00. The van der Waals surface area contributed by atoms with Crippen LogP contribution in [-0.4, -0.2) is 60.5 Å². The number of amides is 2. The van der Waals surface area contributed by atoms with Gasteiger partial charge in [0.25, 0.3) is 0 Å². The van der Waals surface area contributed by atoms with E-state index in [1.807, 2.05) is 51.0 Å². The summed E-state index contributed by atoms with van der Waals surface area (Å²) < 4.78 is 0. The summed E-state index contributed by atoms with van der Waals surface area (Å²) in [7, 11) is 3.77. The molecule has 0 bridgehead atoms. The number of benzene rings is 1. The van der Waals surface area contributed by atoms with Gasteiger partial charge in [0, 0.05) is 45.8 Å². The van der Waals surface area contributed by atoms with Crippen molar-refractivity contribution in [1.29, 1.82) is 0 Å². The summed E-state index contributed by atoms with van der Waals surface area (Å²) in [5.41, 5.74) is 3.15. The predicted octanol–water partition coefficient (Wildman–Crippen LogP) is 1.82. The van der Waals surface area contributed by atoms with Crippen molar-refractivity contribution < 1.29 is 9.59 Å². The predicted molar refractivity (Wildman–Crippen MR) is 124 cm³/mol. The first-order chi connectivity index (χ1) is 15.3. The number of nitrogens with zero attached hydrogens (tertiary/aromatic N) is 6. The first-order valence-corrected chi connectivity index (χ1v) is 11.1. The lowest BCUT2D eigenvalue weighted by Crippen LogP contribution is -2.33. The van der Waals surface area contributed by atoms with Crippen molar-refractivity contribution >= 4 is 29.4 Å². The first kappa shape index (κ1) is 22.0. The molecular weight excluding hydrogens is 406 g/mol. The zero-order valence-corrected chi connectivity index (χ0v) is 19.3. The van der Waals surface area contributed by atoms with Gasteiger partial charge < -0.3 is 20.0 Å². The van der Waals surface area contributed by atoms with Crippen molar-refractivity contribution in [1.82, 2.24) is 20.3 Å². The minimum absolute atomic E-state index is 0.0280. The van der Waals surface area contributed by atoms with Crippen molar-refractivity contribution in [2.45, 2.75) is 39.7 Å². The SMILES string of the molecule is Cc1ccc(N2C[C@@H](C(=O)NCc3nc(N(C)C)nc(N4CCCC4)n3)CC2=O)cc1C. The summed E-state index contributed by atoms with van der Waals surface area (Å²) in [6.45, 7) is 6.52. The molecule has 32 heavy (non-hydrogen) atoms. The number of hydrogen-bond donors (Lipinski definition) is 1. The van der Waals surface area contributed by atoms with Crippen LogP contribution in [0.2, 0.25) is 0 Å². The normalized spacial score (nSPS) is 18.4. The second-order valence-electron chi connectivity index (χ2n) is 8.83. The molecule has 1 aromatic heterocycles. The number of hydrogen-bond acceptors (Lipinski definition) is 7. The fourth-order valence-electron chi connectivity index (χ4n) is 4.07. The van der Waals surface area contributed by atoms with E-state index in [-0.39, 0.29) is 24.8 Å². The van der Waals surface area contributed by atoms with Crippen molar-refractivity contribution in [3.8, 4) is 0 Å². The van der Waals surface area contributed by atoms with Gasteiger partial charge in [0.15, 0.2) is 5.82 Å². The van der Waals surface area contributed by atoms with Gasteiger partial charge in [-0.1, -0.05) is 6.07 Å². The molecule has 3 heterocycles. The van der Waals surface area contributed by atoms with Crippen LogP contribution >= 0.6 is 0 Å². The molecule has 2 aromatic rings. The molecule has 4 rings (SSSR count). The highest BCUT2D eigenvalue weighted by Gasteiger charge is 2.35. The van der Waals surface area contributed by atoms with Gasteiger partial charge in [-0.2, -0.15) is 15.0 Å². The molecule has 0 saturated carbocycles. The molecule has 0 spiro atoms. The van der Waals surface area contributed by atoms with Crippen LogP contribution in [0.5, 0.6) is 0 Å². The smallest absolute Gasteiger partial charge is 0.230 e. The lowest BCUT2D eigenvalue weighted by Gasteiger charge is -2.19. The highest BCUT2D eigenvalue weighted by Crippen LogP contribution is 2.27. The Morgan fingerprint density at radius 3 is 2.56 bits per heavy atom. The number of aromatic nitrogens is 3. The molecule has 1 atom stereocenters. The van der Waals surface area contributed by atoms with Gasteiger partial charge in [-0.05, 0) is 49.9 Å². The molecule has 170 valence electrons. The lowest BCUT2D eigenvalue weighted by molar-refractivity contribution is -0.126. The van der Waals surface area contributed by atoms with E-state index in [0.29, 0.717) is 24.3 Å². The van der Waals surface area contributed by atoms with Gasteiger partial charge >= 0.3 is 0 Å². The monoisotopic (exact) mass is 437 g/mol. The van der Waals surface area contributed by atoms with Crippen molar-refractivity contribution in [2.24, 2.45) is 5.92 Å². The third-order valence-electron chi connectivity index (χ3n) is 6.17. The topological polar surface area (TPSA) is 94.6 Å². The van der Waals surface area contributed by atoms with Gasteiger partial charge in [-0.3, -0.25) is 9.59 Å². The molecule has 9 nitrogen and oxygen atoms in total. The van der Waals surface area contributed by atoms with E-state index < -0.39 is 5.92 Å². The second kappa shape index (κ2) is 9.10. The second-order valence-corrected chi connectivity index (χ2v) is 8.83. The van der Waals surface area contributed by atoms with Gasteiger partial charge in [0.2, 0.25) is 23.7 Å². The average molecular weight is 438 g/mol. The first-order valence-electron chi connectivity index (χ1n) is 11.1. The van der Waals surface area contributed by atoms with E-state index in [0.717, 1.165) is 37.2 Å². The van der Waals surface area contributed by atoms with Crippen LogP contribution in [0.4, 0.5) is 17.6 Å². The van der Waals surface area contributed by atoms with Crippen LogP contribution in [0.1, 0.15) is 36.2 Å². The summed E-state index contributed by atoms with van der Waals surface area (Å²) in [5, 5.41) is 2.93. The van der Waals surface area contributed by atoms with Crippen molar-refractivity contribution in [2.75, 3.05) is 48.4 Å². The molecule has 2 aliphatic rings. The molecule has 2 fully saturated rings. The molecule has 2 aliphatic heterocycles. The average Bonchev–Trinajstić information content (AvgIpc) is 3.44. The molecule has 0 aliphatic carbocycles. The number of anilines is 3. The van der Waals surface area contributed by atoms with Crippen LogP contribution < -0.4 is 20.0 Å². The van der Waals surface area contributed by atoms with E-state index in [1.165, 1.54) is 5.56 Å². The maximum absolute atomic E-state index is 12.8. The molecule has 2 amide bonds. The van der Waals surface area contributed by atoms with Gasteiger partial charge in [0.1, 0.15) is 0 Å². The van der Waals surface area contributed by atoms with Crippen LogP contribution in [0.25, 0.3) is 0 Å². The van der Waals surface area contributed by atoms with Crippen molar-refractivity contribution in [3.63, 3.8) is 0 Å². The van der Waals surface area contributed by atoms with E-state index in [9.17, 15) is 9.59 Å². The van der Waals surface area contributed by atoms with Crippen LogP contribution in [0.3, 0.4) is 0 Å². The molecule has 1 aromatic carbocycles. The third-order valence-corrected chi connectivity index (χ3v) is 6.17. The van der Waals surface area contributed by atoms with E-state index >= 15 is 0 Å². The maximum atomic E-state index is 12.8. The molecule has 0 unspecified atom stereocenters. The minimum atomic E-state index is -0.391. The largest absolute Gasteiger partial charge is 0.348 e. The quantitative estimate of drug-likeness (QED) is 0.737. The summed E-state index contributed by atoms with van der Waals surface area (Å²) >= 11 is 0. The number of carbonyl (C=O) groups is 2. The number of rotatable bonds is 6. The molecule has 2 saturated heterocycles. The Kier molecular flexibility index (Phi) is 6.25. The maximum Gasteiger partial charge on any atom is 0.230 e. The Morgan fingerprint density at radius 2 is 1.88 bits per heavy atom. The highest BCUT2D eigenvalue weighted by atomic mass is 16.2. The summed E-state index contributed by atoms with van der Waals surface area (Å²) in [6, 6.07) is 5.95. The van der Waals surface area contributed by atoms with Crippen LogP contribution in [-0.2, 0) is 16.1 Å². The lowest BCUT2D eigenvalue weighted by atomic mass is 10.1. The van der Waals surface area contributed by atoms with E-state index in [4.69, 9.17) is 0 Å². The zero-order valence-electron chi connectivity index (χ0n) is 19.3. The molecule has 0 radical (unpaired) electrons. The fourth-order valence-corrected chi connectivity index (χ4v) is 4.07. The zero-order chi connectivity index (χ0) is 22.8. The molecular formula is C23H31N7O2. The van der Waals surface area contributed by atoms with Gasteiger partial charge in [-0.25, -0.2) is 0 Å². The van der Waals surface area contributed by atoms with Crippen LogP contribution in [0, 0.1) is 19.8 Å². The van der Waals surface area contributed by atoms with Gasteiger partial charge in [0.05, 0.1) is 12.5 Å². The summed E-state index contributed by atoms with van der Waals surface area (Å²) in [4.78, 5) is 44.7. The third kappa shape index (κ3) is 4.66. The Morgan fingerprint density at radius 1 is 1.12 bits per heavy atom. The number of nitrogens with one attached hydrogen (secondary N) is 1. The summed E-state index contributed by atoms with van der Waals surface area (Å²) in [5.74, 6) is 1.18. The van der Waals surface area contributed by atoms with E-state index in [1.54, 1.807) is 4.90 Å². The molecule has 1 N–H and O–H groups in total. The standard InChI is InChI=1S/C23H31N7O2/c1-15-7-8-18(11-16(15)2)30-14-17(12-20(30)31)21(32)24-13-19-25-22(28(3)4)27-23(26-19)29-9-5-6-10-29/h7-8,11,17H,5-6,9-10,12-14H2,1-4H3,(H,24,32)/t17-/m0/s1. The molecule has 9 heteroatoms. The Labute approximate surface area is 188 Å². The Hall–Kier alpha value is -3.23. The summed E-state index contributed by atoms with van der Waals surface area (Å²) in [6.07, 6.45) is 2.46. The fraction of sp³-hybridized carbons (Fsp3) is 0.522. The Bertz CT molecular complexity index is 1020. The van der Waals surface area contributed by atoms with E-state index in [2.05, 4.69) is 25.2 Å². The number of carbonyl (C=O) groups excluding carboxylic acids is 2.